The molecule has 0 aliphatic carbocycles. The lowest BCUT2D eigenvalue weighted by molar-refractivity contribution is 0.425. The number of fused-ring (bicyclic) bond motifs is 1. The molecule has 3 aromatic heterocycles. The summed E-state index contributed by atoms with van der Waals surface area (Å²) >= 11 is 0. The predicted molar refractivity (Wildman–Crippen MR) is 97.7 cm³/mol. The Labute approximate surface area is 154 Å². The summed E-state index contributed by atoms with van der Waals surface area (Å²) in [4.78, 5) is 15.4. The van der Waals surface area contributed by atoms with Gasteiger partial charge in [0, 0.05) is 23.1 Å². The van der Waals surface area contributed by atoms with Gasteiger partial charge < -0.3 is 10.2 Å². The first-order valence-electron chi connectivity index (χ1n) is 7.83. The summed E-state index contributed by atoms with van der Waals surface area (Å²) in [6.45, 7) is 0. The van der Waals surface area contributed by atoms with Gasteiger partial charge in [0.2, 0.25) is 5.16 Å². The fraction of sp³-hybridized carbons (Fsp3) is 0.0588. The van der Waals surface area contributed by atoms with E-state index >= 15 is 0 Å². The molecule has 0 spiro atoms. The zero-order chi connectivity index (χ0) is 19.0. The minimum atomic E-state index is -1.43. The minimum Gasteiger partial charge on any atom is -0.494 e. The van der Waals surface area contributed by atoms with Crippen molar-refractivity contribution in [3.8, 4) is 11.8 Å². The molecule has 0 saturated heterocycles. The summed E-state index contributed by atoms with van der Waals surface area (Å²) in [5.41, 5.74) is 1.64. The van der Waals surface area contributed by atoms with E-state index in [-0.39, 0.29) is 22.5 Å². The molecular weight excluding hydrogens is 368 g/mol. The number of hydrogen-bond donors (Lipinski definition) is 3. The van der Waals surface area contributed by atoms with Crippen LogP contribution in [0.25, 0.3) is 11.7 Å². The van der Waals surface area contributed by atoms with Crippen LogP contribution >= 0.6 is 0 Å². The second-order valence-corrected chi connectivity index (χ2v) is 6.92. The molecule has 3 heterocycles. The second-order valence-electron chi connectivity index (χ2n) is 5.65. The predicted octanol–water partition coefficient (Wildman–Crippen LogP) is 0.381. The van der Waals surface area contributed by atoms with Crippen molar-refractivity contribution in [3.63, 3.8) is 0 Å². The molecule has 9 nitrogen and oxygen atoms in total. The summed E-state index contributed by atoms with van der Waals surface area (Å²) < 4.78 is 13.4. The molecule has 0 saturated carbocycles. The van der Waals surface area contributed by atoms with Crippen molar-refractivity contribution in [2.45, 2.75) is 5.16 Å². The van der Waals surface area contributed by atoms with Gasteiger partial charge in [0.25, 0.3) is 5.62 Å². The van der Waals surface area contributed by atoms with E-state index in [1.54, 1.807) is 6.08 Å². The average molecular weight is 382 g/mol. The zero-order valence-electron chi connectivity index (χ0n) is 14.1. The maximum atomic E-state index is 12.0. The van der Waals surface area contributed by atoms with E-state index in [9.17, 15) is 14.4 Å². The monoisotopic (exact) mass is 382 g/mol. The van der Waals surface area contributed by atoms with Crippen LogP contribution in [0.3, 0.4) is 0 Å². The van der Waals surface area contributed by atoms with Crippen molar-refractivity contribution >= 4 is 28.2 Å². The van der Waals surface area contributed by atoms with Crippen molar-refractivity contribution in [2.24, 2.45) is 4.99 Å². The molecule has 0 amide bonds. The quantitative estimate of drug-likeness (QED) is 0.470. The van der Waals surface area contributed by atoms with E-state index in [4.69, 9.17) is 0 Å². The normalized spacial score (nSPS) is 14.1. The van der Waals surface area contributed by atoms with Gasteiger partial charge in [0.1, 0.15) is 0 Å². The van der Waals surface area contributed by atoms with Crippen LogP contribution in [0.15, 0.2) is 52.7 Å². The molecule has 4 aromatic rings. The molecule has 0 bridgehead atoms. The lowest BCUT2D eigenvalue weighted by atomic mass is 10.2. The largest absolute Gasteiger partial charge is 0.494 e. The third-order valence-corrected chi connectivity index (χ3v) is 4.42. The molecule has 27 heavy (non-hydrogen) atoms. The van der Waals surface area contributed by atoms with Gasteiger partial charge in [0.05, 0.1) is 22.7 Å². The van der Waals surface area contributed by atoms with Crippen molar-refractivity contribution in [1.82, 2.24) is 24.6 Å². The van der Waals surface area contributed by atoms with Gasteiger partial charge in [-0.2, -0.15) is 19.6 Å². The van der Waals surface area contributed by atoms with Gasteiger partial charge in [-0.05, 0) is 18.2 Å². The van der Waals surface area contributed by atoms with E-state index in [0.717, 1.165) is 0 Å². The van der Waals surface area contributed by atoms with E-state index < -0.39 is 10.8 Å². The third kappa shape index (κ3) is 3.29. The first-order valence-corrected chi connectivity index (χ1v) is 9.39. The van der Waals surface area contributed by atoms with Crippen LogP contribution in [0.5, 0.6) is 11.8 Å². The van der Waals surface area contributed by atoms with Gasteiger partial charge in [-0.15, -0.1) is 0 Å². The lowest BCUT2D eigenvalue weighted by Crippen LogP contribution is -2.24. The average Bonchev–Trinajstić information content (AvgIpc) is 3.19. The molecule has 10 heteroatoms. The van der Waals surface area contributed by atoms with Crippen LogP contribution in [-0.4, -0.2) is 45.2 Å². The highest BCUT2D eigenvalue weighted by Gasteiger charge is 2.11. The first-order chi connectivity index (χ1) is 13.0. The van der Waals surface area contributed by atoms with Crippen LogP contribution in [0.1, 0.15) is 5.56 Å². The Kier molecular flexibility index (Phi) is 4.16. The van der Waals surface area contributed by atoms with Gasteiger partial charge >= 0.3 is 0 Å². The molecule has 4 rings (SSSR count). The Bertz CT molecular complexity index is 1280. The Hall–Kier alpha value is -3.53. The maximum Gasteiger partial charge on any atom is 0.255 e. The SMILES string of the molecule is CS(=O)c1nc(=Nc2ccccc2)n2ncc(=Cc3cc(O)[nH]c3O)c2n1. The van der Waals surface area contributed by atoms with Crippen LogP contribution in [0.4, 0.5) is 5.69 Å². The number of para-hydroxylation sites is 1. The number of rotatable bonds is 3. The Morgan fingerprint density at radius 1 is 1.22 bits per heavy atom. The van der Waals surface area contributed by atoms with Crippen molar-refractivity contribution in [2.75, 3.05) is 6.26 Å². The summed E-state index contributed by atoms with van der Waals surface area (Å²) in [6.07, 6.45) is 4.60. The Morgan fingerprint density at radius 3 is 2.67 bits per heavy atom. The number of nitrogens with one attached hydrogen (secondary N) is 1. The van der Waals surface area contributed by atoms with Crippen molar-refractivity contribution in [1.29, 1.82) is 0 Å². The number of aromatic hydroxyl groups is 2. The van der Waals surface area contributed by atoms with Crippen molar-refractivity contribution in [3.05, 3.63) is 59.0 Å². The fourth-order valence-corrected chi connectivity index (χ4v) is 2.93. The van der Waals surface area contributed by atoms with E-state index in [1.165, 1.54) is 23.0 Å². The zero-order valence-corrected chi connectivity index (χ0v) is 14.9. The number of H-pyrrole nitrogens is 1. The molecule has 0 radical (unpaired) electrons. The number of aromatic amines is 1. The minimum absolute atomic E-state index is 0.119. The highest BCUT2D eigenvalue weighted by Crippen LogP contribution is 2.21. The summed E-state index contributed by atoms with van der Waals surface area (Å²) in [5.74, 6) is -0.352. The van der Waals surface area contributed by atoms with E-state index in [1.807, 2.05) is 30.3 Å². The molecule has 3 N–H and O–H groups in total. The van der Waals surface area contributed by atoms with Gasteiger partial charge in [-0.25, -0.2) is 4.99 Å². The highest BCUT2D eigenvalue weighted by molar-refractivity contribution is 7.84. The molecule has 0 aliphatic heterocycles. The maximum absolute atomic E-state index is 12.0. The van der Waals surface area contributed by atoms with E-state index in [0.29, 0.717) is 22.1 Å². The highest BCUT2D eigenvalue weighted by atomic mass is 32.2. The fourth-order valence-electron chi connectivity index (χ4n) is 2.50. The number of aromatic nitrogens is 5. The molecule has 1 unspecified atom stereocenters. The molecule has 0 aliphatic rings. The first kappa shape index (κ1) is 16.9. The third-order valence-electron chi connectivity index (χ3n) is 3.72. The van der Waals surface area contributed by atoms with Crippen LogP contribution in [0.2, 0.25) is 0 Å². The Balaban J connectivity index is 2.01. The van der Waals surface area contributed by atoms with E-state index in [2.05, 4.69) is 25.0 Å². The Morgan fingerprint density at radius 2 is 2.00 bits per heavy atom. The second kappa shape index (κ2) is 6.65. The summed E-state index contributed by atoms with van der Waals surface area (Å²) in [6, 6.07) is 10.6. The number of hydrogen-bond acceptors (Lipinski definition) is 7. The number of nitrogens with zero attached hydrogens (tertiary/aromatic N) is 5. The van der Waals surface area contributed by atoms with Crippen LogP contribution < -0.4 is 10.8 Å². The molecule has 0 fully saturated rings. The summed E-state index contributed by atoms with van der Waals surface area (Å²) in [7, 11) is -1.43. The molecular formula is C17H14N6O3S. The lowest BCUT2D eigenvalue weighted by Gasteiger charge is -1.99. The van der Waals surface area contributed by atoms with Gasteiger partial charge in [-0.3, -0.25) is 9.19 Å². The summed E-state index contributed by atoms with van der Waals surface area (Å²) in [5, 5.41) is 24.2. The van der Waals surface area contributed by atoms with Crippen LogP contribution in [0, 0.1) is 0 Å². The van der Waals surface area contributed by atoms with Crippen molar-refractivity contribution < 1.29 is 14.4 Å². The number of benzene rings is 1. The topological polar surface area (TPSA) is 129 Å². The molecule has 1 atom stereocenters. The van der Waals surface area contributed by atoms with Crippen LogP contribution in [-0.2, 0) is 10.8 Å². The van der Waals surface area contributed by atoms with Gasteiger partial charge in [-0.1, -0.05) is 18.2 Å². The molecule has 136 valence electrons. The van der Waals surface area contributed by atoms with Gasteiger partial charge in [0.15, 0.2) is 17.4 Å². The standard InChI is InChI=1S/C17H14N6O3S/c1-27(26)17-21-14-11(7-10-8-13(24)20-15(10)25)9-18-23(14)16(22-17)19-12-5-3-2-4-6-12/h2-9,20,24-25H,1H3. The smallest absolute Gasteiger partial charge is 0.255 e. The molecule has 1 aromatic carbocycles.